The lowest BCUT2D eigenvalue weighted by Crippen LogP contribution is -2.18. The van der Waals surface area contributed by atoms with E-state index in [1.54, 1.807) is 11.8 Å². The van der Waals surface area contributed by atoms with E-state index in [1.807, 2.05) is 0 Å². The Hall–Kier alpha value is -0.470. The zero-order valence-corrected chi connectivity index (χ0v) is 10.1. The van der Waals surface area contributed by atoms with Crippen molar-refractivity contribution >= 4 is 11.8 Å². The molecule has 0 radical (unpaired) electrons. The number of nitrogens with two attached hydrogens (primary N) is 1. The standard InChI is InChI=1S/C13H19NS/c1-15-12-8-6-11(7-9-12)13(14)10-4-2-3-5-10/h6-10,13H,2-5,14H2,1H3. The first-order chi connectivity index (χ1) is 7.31. The molecule has 0 saturated heterocycles. The van der Waals surface area contributed by atoms with Crippen LogP contribution in [-0.4, -0.2) is 6.26 Å². The Kier molecular flexibility index (Phi) is 3.71. The monoisotopic (exact) mass is 221 g/mol. The van der Waals surface area contributed by atoms with Crippen molar-refractivity contribution in [1.29, 1.82) is 0 Å². The van der Waals surface area contributed by atoms with Gasteiger partial charge >= 0.3 is 0 Å². The Bertz CT molecular complexity index is 301. The van der Waals surface area contributed by atoms with E-state index in [2.05, 4.69) is 30.5 Å². The lowest BCUT2D eigenvalue weighted by atomic mass is 9.93. The van der Waals surface area contributed by atoms with Crippen molar-refractivity contribution in [1.82, 2.24) is 0 Å². The third kappa shape index (κ3) is 2.56. The molecule has 2 N–H and O–H groups in total. The molecule has 1 aliphatic rings. The van der Waals surface area contributed by atoms with E-state index in [4.69, 9.17) is 5.73 Å². The molecule has 1 fully saturated rings. The lowest BCUT2D eigenvalue weighted by molar-refractivity contribution is 0.445. The van der Waals surface area contributed by atoms with Crippen LogP contribution in [0.1, 0.15) is 37.3 Å². The molecule has 15 heavy (non-hydrogen) atoms. The number of hydrogen-bond acceptors (Lipinski definition) is 2. The van der Waals surface area contributed by atoms with E-state index in [0.717, 1.165) is 0 Å². The second kappa shape index (κ2) is 5.04. The highest BCUT2D eigenvalue weighted by Gasteiger charge is 2.22. The maximum absolute atomic E-state index is 6.29. The number of benzene rings is 1. The van der Waals surface area contributed by atoms with Crippen molar-refractivity contribution in [3.05, 3.63) is 29.8 Å². The summed E-state index contributed by atoms with van der Waals surface area (Å²) in [5.74, 6) is 0.713. The number of hydrogen-bond donors (Lipinski definition) is 1. The Balaban J connectivity index is 2.07. The highest BCUT2D eigenvalue weighted by Crippen LogP contribution is 2.34. The van der Waals surface area contributed by atoms with Gasteiger partial charge in [-0.3, -0.25) is 0 Å². The van der Waals surface area contributed by atoms with Crippen molar-refractivity contribution < 1.29 is 0 Å². The van der Waals surface area contributed by atoms with Crippen LogP contribution < -0.4 is 5.73 Å². The SMILES string of the molecule is CSc1ccc(C(N)C2CCCC2)cc1. The molecule has 1 aromatic rings. The van der Waals surface area contributed by atoms with Gasteiger partial charge in [0.05, 0.1) is 0 Å². The first-order valence-corrected chi connectivity index (χ1v) is 6.93. The zero-order chi connectivity index (χ0) is 10.7. The Morgan fingerprint density at radius 2 is 1.80 bits per heavy atom. The molecule has 0 heterocycles. The molecule has 1 atom stereocenters. The van der Waals surface area contributed by atoms with E-state index < -0.39 is 0 Å². The molecule has 1 nitrogen and oxygen atoms in total. The molecule has 0 aromatic heterocycles. The molecule has 1 unspecified atom stereocenters. The van der Waals surface area contributed by atoms with Crippen LogP contribution in [0.2, 0.25) is 0 Å². The van der Waals surface area contributed by atoms with Gasteiger partial charge in [-0.15, -0.1) is 11.8 Å². The van der Waals surface area contributed by atoms with Gasteiger partial charge in [-0.1, -0.05) is 25.0 Å². The fourth-order valence-corrected chi connectivity index (χ4v) is 2.82. The summed E-state index contributed by atoms with van der Waals surface area (Å²) in [5, 5.41) is 0. The van der Waals surface area contributed by atoms with Gasteiger partial charge in [-0.05, 0) is 42.7 Å². The maximum atomic E-state index is 6.29. The molecule has 0 aliphatic heterocycles. The Morgan fingerprint density at radius 3 is 2.33 bits per heavy atom. The van der Waals surface area contributed by atoms with Gasteiger partial charge < -0.3 is 5.73 Å². The smallest absolute Gasteiger partial charge is 0.0323 e. The van der Waals surface area contributed by atoms with E-state index in [0.29, 0.717) is 5.92 Å². The van der Waals surface area contributed by atoms with Crippen molar-refractivity contribution in [2.75, 3.05) is 6.26 Å². The van der Waals surface area contributed by atoms with Crippen molar-refractivity contribution in [3.8, 4) is 0 Å². The van der Waals surface area contributed by atoms with E-state index in [1.165, 1.54) is 36.1 Å². The molecule has 0 spiro atoms. The minimum Gasteiger partial charge on any atom is -0.324 e. The summed E-state index contributed by atoms with van der Waals surface area (Å²) in [7, 11) is 0. The minimum atomic E-state index is 0.253. The average molecular weight is 221 g/mol. The Morgan fingerprint density at radius 1 is 1.20 bits per heavy atom. The van der Waals surface area contributed by atoms with Gasteiger partial charge in [0.15, 0.2) is 0 Å². The lowest BCUT2D eigenvalue weighted by Gasteiger charge is -2.19. The van der Waals surface area contributed by atoms with Gasteiger partial charge in [0.2, 0.25) is 0 Å². The molecule has 1 aliphatic carbocycles. The molecule has 2 rings (SSSR count). The van der Waals surface area contributed by atoms with Crippen LogP contribution >= 0.6 is 11.8 Å². The van der Waals surface area contributed by atoms with Gasteiger partial charge in [0.25, 0.3) is 0 Å². The third-order valence-corrected chi connectivity index (χ3v) is 4.15. The average Bonchev–Trinajstić information content (AvgIpc) is 2.82. The predicted octanol–water partition coefficient (Wildman–Crippen LogP) is 3.60. The van der Waals surface area contributed by atoms with Crippen LogP contribution in [0.4, 0.5) is 0 Å². The second-order valence-electron chi connectivity index (χ2n) is 4.34. The van der Waals surface area contributed by atoms with E-state index in [9.17, 15) is 0 Å². The minimum absolute atomic E-state index is 0.253. The first kappa shape index (κ1) is 11.0. The summed E-state index contributed by atoms with van der Waals surface area (Å²) in [6.07, 6.45) is 7.45. The topological polar surface area (TPSA) is 26.0 Å². The summed E-state index contributed by atoms with van der Waals surface area (Å²) >= 11 is 1.78. The summed E-state index contributed by atoms with van der Waals surface area (Å²) in [5.41, 5.74) is 7.59. The van der Waals surface area contributed by atoms with E-state index >= 15 is 0 Å². The van der Waals surface area contributed by atoms with Crippen molar-refractivity contribution in [2.24, 2.45) is 11.7 Å². The van der Waals surface area contributed by atoms with Crippen LogP contribution in [0, 0.1) is 5.92 Å². The van der Waals surface area contributed by atoms with E-state index in [-0.39, 0.29) is 6.04 Å². The largest absolute Gasteiger partial charge is 0.324 e. The van der Waals surface area contributed by atoms with Crippen molar-refractivity contribution in [3.63, 3.8) is 0 Å². The quantitative estimate of drug-likeness (QED) is 0.789. The molecule has 2 heteroatoms. The maximum Gasteiger partial charge on any atom is 0.0323 e. The molecule has 82 valence electrons. The predicted molar refractivity (Wildman–Crippen MR) is 67.1 cm³/mol. The number of thioether (sulfide) groups is 1. The fourth-order valence-electron chi connectivity index (χ4n) is 2.41. The highest BCUT2D eigenvalue weighted by atomic mass is 32.2. The third-order valence-electron chi connectivity index (χ3n) is 3.41. The van der Waals surface area contributed by atoms with Gasteiger partial charge in [-0.2, -0.15) is 0 Å². The first-order valence-electron chi connectivity index (χ1n) is 5.71. The van der Waals surface area contributed by atoms with Gasteiger partial charge in [0.1, 0.15) is 0 Å². The normalized spacial score (nSPS) is 19.3. The molecular weight excluding hydrogens is 202 g/mol. The molecular formula is C13H19NS. The van der Waals surface area contributed by atoms with Crippen molar-refractivity contribution in [2.45, 2.75) is 36.6 Å². The number of rotatable bonds is 3. The van der Waals surface area contributed by atoms with Crippen LogP contribution in [0.5, 0.6) is 0 Å². The summed E-state index contributed by atoms with van der Waals surface area (Å²) < 4.78 is 0. The highest BCUT2D eigenvalue weighted by molar-refractivity contribution is 7.98. The van der Waals surface area contributed by atoms with Crippen LogP contribution in [0.3, 0.4) is 0 Å². The summed E-state index contributed by atoms with van der Waals surface area (Å²) in [6.45, 7) is 0. The molecule has 1 aromatic carbocycles. The van der Waals surface area contributed by atoms with Crippen LogP contribution in [0.15, 0.2) is 29.2 Å². The van der Waals surface area contributed by atoms with Gasteiger partial charge in [-0.25, -0.2) is 0 Å². The van der Waals surface area contributed by atoms with Crippen LogP contribution in [-0.2, 0) is 0 Å². The Labute approximate surface area is 96.4 Å². The van der Waals surface area contributed by atoms with Gasteiger partial charge in [0, 0.05) is 10.9 Å². The molecule has 0 bridgehead atoms. The van der Waals surface area contributed by atoms with Crippen LogP contribution in [0.25, 0.3) is 0 Å². The molecule has 1 saturated carbocycles. The second-order valence-corrected chi connectivity index (χ2v) is 5.22. The zero-order valence-electron chi connectivity index (χ0n) is 9.28. The summed E-state index contributed by atoms with van der Waals surface area (Å²) in [4.78, 5) is 1.32. The summed E-state index contributed by atoms with van der Waals surface area (Å²) in [6, 6.07) is 8.98. The fraction of sp³-hybridized carbons (Fsp3) is 0.538. The molecule has 0 amide bonds.